The number of hydrogen-bond donors (Lipinski definition) is 3. The lowest BCUT2D eigenvalue weighted by Gasteiger charge is -2.38. The first kappa shape index (κ1) is 24.6. The molecule has 2 saturated heterocycles. The number of aliphatic hydroxyl groups is 3. The fourth-order valence-electron chi connectivity index (χ4n) is 4.53. The Morgan fingerprint density at radius 2 is 2.06 bits per heavy atom. The molecule has 182 valence electrons. The molecule has 8 atom stereocenters. The van der Waals surface area contributed by atoms with Gasteiger partial charge in [-0.25, -0.2) is 4.98 Å². The summed E-state index contributed by atoms with van der Waals surface area (Å²) in [5, 5.41) is 40.2. The molecule has 0 aliphatic carbocycles. The van der Waals surface area contributed by atoms with E-state index in [1.54, 1.807) is 37.4 Å². The molecule has 0 bridgehead atoms. The van der Waals surface area contributed by atoms with Gasteiger partial charge < -0.3 is 29.2 Å². The highest BCUT2D eigenvalue weighted by Gasteiger charge is 2.48. The van der Waals surface area contributed by atoms with Gasteiger partial charge in [-0.3, -0.25) is 0 Å². The molecule has 8 unspecified atom stereocenters. The van der Waals surface area contributed by atoms with Crippen molar-refractivity contribution in [3.63, 3.8) is 0 Å². The van der Waals surface area contributed by atoms with Crippen molar-refractivity contribution in [2.75, 3.05) is 6.61 Å². The molecule has 0 radical (unpaired) electrons. The summed E-state index contributed by atoms with van der Waals surface area (Å²) in [6, 6.07) is 9.22. The number of epoxide rings is 1. The van der Waals surface area contributed by atoms with Crippen molar-refractivity contribution in [3.8, 4) is 17.4 Å². The van der Waals surface area contributed by atoms with Gasteiger partial charge in [-0.15, -0.1) is 0 Å². The summed E-state index contributed by atoms with van der Waals surface area (Å²) in [6.45, 7) is 5.93. The van der Waals surface area contributed by atoms with Crippen LogP contribution in [-0.4, -0.2) is 63.5 Å². The van der Waals surface area contributed by atoms with Crippen molar-refractivity contribution in [2.45, 2.75) is 70.2 Å². The first-order valence-electron chi connectivity index (χ1n) is 11.7. The Kier molecular flexibility index (Phi) is 7.51. The Morgan fingerprint density at radius 3 is 2.79 bits per heavy atom. The summed E-state index contributed by atoms with van der Waals surface area (Å²) >= 11 is 0. The molecule has 34 heavy (non-hydrogen) atoms. The third-order valence-electron chi connectivity index (χ3n) is 6.87. The van der Waals surface area contributed by atoms with Gasteiger partial charge >= 0.3 is 0 Å². The molecule has 0 saturated carbocycles. The summed E-state index contributed by atoms with van der Waals surface area (Å²) in [6.07, 6.45) is 1.48. The first-order valence-corrected chi connectivity index (χ1v) is 11.7. The largest absolute Gasteiger partial charge is 0.437 e. The minimum absolute atomic E-state index is 0.0136. The average Bonchev–Trinajstić information content (AvgIpc) is 3.44. The molecule has 1 aromatic carbocycles. The number of benzene rings is 1. The quantitative estimate of drug-likeness (QED) is 0.504. The van der Waals surface area contributed by atoms with E-state index in [9.17, 15) is 15.3 Å². The van der Waals surface area contributed by atoms with Crippen molar-refractivity contribution in [1.29, 1.82) is 5.26 Å². The molecule has 8 nitrogen and oxygen atoms in total. The molecule has 4 rings (SSSR count). The van der Waals surface area contributed by atoms with Gasteiger partial charge in [0.2, 0.25) is 5.89 Å². The average molecular weight is 469 g/mol. The molecule has 2 aromatic rings. The molecule has 3 heterocycles. The van der Waals surface area contributed by atoms with Crippen molar-refractivity contribution in [1.82, 2.24) is 4.98 Å². The normalized spacial score (nSPS) is 31.0. The van der Waals surface area contributed by atoms with Crippen LogP contribution < -0.4 is 0 Å². The monoisotopic (exact) mass is 468 g/mol. The van der Waals surface area contributed by atoms with Gasteiger partial charge in [0.1, 0.15) is 6.10 Å². The van der Waals surface area contributed by atoms with Crippen LogP contribution in [0.25, 0.3) is 17.4 Å². The molecule has 0 amide bonds. The van der Waals surface area contributed by atoms with E-state index < -0.39 is 24.4 Å². The molecule has 0 spiro atoms. The SMILES string of the molecule is C/C(=C\c1ncc(-c2cccc(C#N)c2)o1)CC1OCC(CC2OC2C(C)C(C)O)C(O)C1O. The summed E-state index contributed by atoms with van der Waals surface area (Å²) in [5.74, 6) is 0.796. The lowest BCUT2D eigenvalue weighted by atomic mass is 9.85. The van der Waals surface area contributed by atoms with E-state index in [4.69, 9.17) is 19.2 Å². The number of aliphatic hydroxyl groups excluding tert-OH is 3. The van der Waals surface area contributed by atoms with Gasteiger partial charge in [0.05, 0.1) is 55.0 Å². The lowest BCUT2D eigenvalue weighted by Crippen LogP contribution is -2.50. The zero-order chi connectivity index (χ0) is 24.4. The maximum Gasteiger partial charge on any atom is 0.219 e. The van der Waals surface area contributed by atoms with Gasteiger partial charge in [0, 0.05) is 17.4 Å². The Hall–Kier alpha value is -2.54. The van der Waals surface area contributed by atoms with E-state index in [-0.39, 0.29) is 24.0 Å². The predicted octanol–water partition coefficient (Wildman–Crippen LogP) is 2.92. The van der Waals surface area contributed by atoms with E-state index in [1.807, 2.05) is 19.9 Å². The van der Waals surface area contributed by atoms with E-state index in [0.717, 1.165) is 11.1 Å². The number of nitriles is 1. The van der Waals surface area contributed by atoms with Crippen LogP contribution >= 0.6 is 0 Å². The molecular weight excluding hydrogens is 436 g/mol. The minimum atomic E-state index is -1.01. The third kappa shape index (κ3) is 5.57. The van der Waals surface area contributed by atoms with Gasteiger partial charge in [-0.2, -0.15) is 5.26 Å². The van der Waals surface area contributed by atoms with Crippen molar-refractivity contribution < 1.29 is 29.2 Å². The number of aromatic nitrogens is 1. The van der Waals surface area contributed by atoms with Gasteiger partial charge in [-0.05, 0) is 44.9 Å². The smallest absolute Gasteiger partial charge is 0.219 e. The minimum Gasteiger partial charge on any atom is -0.437 e. The molecule has 2 fully saturated rings. The predicted molar refractivity (Wildman–Crippen MR) is 124 cm³/mol. The van der Waals surface area contributed by atoms with E-state index in [1.165, 1.54) is 0 Å². The zero-order valence-electron chi connectivity index (χ0n) is 19.7. The highest BCUT2D eigenvalue weighted by atomic mass is 16.6. The van der Waals surface area contributed by atoms with Crippen LogP contribution in [0.2, 0.25) is 0 Å². The topological polar surface area (TPSA) is 132 Å². The Labute approximate surface area is 199 Å². The lowest BCUT2D eigenvalue weighted by molar-refractivity contribution is -0.165. The second-order valence-electron chi connectivity index (χ2n) is 9.54. The second kappa shape index (κ2) is 10.4. The standard InChI is InChI=1S/C26H32N2O6/c1-14(8-23-28-12-22(33-23)18-6-4-5-17(9-18)11-27)7-20-25(31)24(30)19(13-32-20)10-21-26(34-21)15(2)16(3)29/h4-6,8-9,12,15-16,19-21,24-26,29-31H,7,10,13H2,1-3H3/b14-8+. The van der Waals surface area contributed by atoms with Gasteiger partial charge in [-0.1, -0.05) is 24.6 Å². The fourth-order valence-corrected chi connectivity index (χ4v) is 4.53. The second-order valence-corrected chi connectivity index (χ2v) is 9.54. The third-order valence-corrected chi connectivity index (χ3v) is 6.87. The van der Waals surface area contributed by atoms with E-state index in [2.05, 4.69) is 11.1 Å². The van der Waals surface area contributed by atoms with Crippen LogP contribution in [0.15, 0.2) is 40.5 Å². The zero-order valence-corrected chi connectivity index (χ0v) is 19.7. The number of ether oxygens (including phenoxy) is 2. The molecule has 1 aromatic heterocycles. The Balaban J connectivity index is 1.32. The number of hydrogen-bond acceptors (Lipinski definition) is 8. The van der Waals surface area contributed by atoms with Crippen LogP contribution in [0.3, 0.4) is 0 Å². The molecule has 2 aliphatic heterocycles. The van der Waals surface area contributed by atoms with E-state index in [0.29, 0.717) is 36.7 Å². The van der Waals surface area contributed by atoms with Gasteiger partial charge in [0.15, 0.2) is 5.76 Å². The van der Waals surface area contributed by atoms with E-state index >= 15 is 0 Å². The number of oxazole rings is 1. The van der Waals surface area contributed by atoms with Gasteiger partial charge in [0.25, 0.3) is 0 Å². The first-order chi connectivity index (χ1) is 16.3. The van der Waals surface area contributed by atoms with Crippen molar-refractivity contribution in [2.24, 2.45) is 11.8 Å². The van der Waals surface area contributed by atoms with Crippen LogP contribution in [0.4, 0.5) is 0 Å². The number of rotatable bonds is 8. The fraction of sp³-hybridized carbons (Fsp3) is 0.538. The molecule has 3 N–H and O–H groups in total. The van der Waals surface area contributed by atoms with Crippen LogP contribution in [0.1, 0.15) is 45.1 Å². The molecular formula is C26H32N2O6. The maximum absolute atomic E-state index is 10.7. The molecule has 2 aliphatic rings. The van der Waals surface area contributed by atoms with Crippen LogP contribution in [0, 0.1) is 23.2 Å². The highest BCUT2D eigenvalue weighted by Crippen LogP contribution is 2.38. The van der Waals surface area contributed by atoms with Crippen LogP contribution in [0.5, 0.6) is 0 Å². The van der Waals surface area contributed by atoms with Crippen molar-refractivity contribution >= 4 is 6.08 Å². The maximum atomic E-state index is 10.7. The molecule has 8 heteroatoms. The summed E-state index contributed by atoms with van der Waals surface area (Å²) in [5.41, 5.74) is 2.21. The summed E-state index contributed by atoms with van der Waals surface area (Å²) in [7, 11) is 0. The van der Waals surface area contributed by atoms with Crippen LogP contribution in [-0.2, 0) is 9.47 Å². The summed E-state index contributed by atoms with van der Waals surface area (Å²) in [4.78, 5) is 4.29. The Bertz CT molecular complexity index is 1060. The van der Waals surface area contributed by atoms with Crippen molar-refractivity contribution in [3.05, 3.63) is 47.5 Å². The highest BCUT2D eigenvalue weighted by molar-refractivity contribution is 5.60. The number of nitrogens with zero attached hydrogens (tertiary/aromatic N) is 2. The summed E-state index contributed by atoms with van der Waals surface area (Å²) < 4.78 is 17.4. The Morgan fingerprint density at radius 1 is 1.26 bits per heavy atom.